The molecule has 32 heavy (non-hydrogen) atoms. The Morgan fingerprint density at radius 3 is 2.56 bits per heavy atom. The topological polar surface area (TPSA) is 49.4 Å². The number of ether oxygens (including phenoxy) is 1. The van der Waals surface area contributed by atoms with Gasteiger partial charge in [0.2, 0.25) is 0 Å². The monoisotopic (exact) mass is 424 g/mol. The van der Waals surface area contributed by atoms with E-state index in [1.165, 1.54) is 5.56 Å². The molecule has 1 aliphatic heterocycles. The minimum Gasteiger partial charge on any atom is -0.497 e. The van der Waals surface area contributed by atoms with Crippen molar-refractivity contribution in [3.8, 4) is 17.0 Å². The maximum absolute atomic E-state index is 5.30. The zero-order valence-corrected chi connectivity index (χ0v) is 18.3. The first kappa shape index (κ1) is 20.5. The van der Waals surface area contributed by atoms with Crippen LogP contribution < -0.4 is 15.4 Å². The number of rotatable bonds is 6. The summed E-state index contributed by atoms with van der Waals surface area (Å²) in [4.78, 5) is 7.40. The summed E-state index contributed by atoms with van der Waals surface area (Å²) in [5.41, 5.74) is 6.44. The van der Waals surface area contributed by atoms with Gasteiger partial charge in [-0.05, 0) is 54.1 Å². The van der Waals surface area contributed by atoms with E-state index < -0.39 is 0 Å². The van der Waals surface area contributed by atoms with Gasteiger partial charge < -0.3 is 15.4 Å². The van der Waals surface area contributed by atoms with Crippen LogP contribution in [0.4, 0.5) is 11.4 Å². The van der Waals surface area contributed by atoms with Gasteiger partial charge in [0.15, 0.2) is 0 Å². The molecule has 1 saturated heterocycles. The number of hydrogen-bond acceptors (Lipinski definition) is 5. The summed E-state index contributed by atoms with van der Waals surface area (Å²) >= 11 is 0. The summed E-state index contributed by atoms with van der Waals surface area (Å²) in [5.74, 6) is 0.842. The maximum atomic E-state index is 5.30. The second-order valence-electron chi connectivity index (χ2n) is 8.15. The number of hydrogen-bond donors (Lipinski definition) is 2. The fraction of sp³-hybridized carbons (Fsp3) is 0.222. The summed E-state index contributed by atoms with van der Waals surface area (Å²) < 4.78 is 5.30. The lowest BCUT2D eigenvalue weighted by Crippen LogP contribution is -2.42. The minimum atomic E-state index is 0.842. The molecule has 4 aromatic rings. The van der Waals surface area contributed by atoms with Crippen LogP contribution in [0.3, 0.4) is 0 Å². The number of fused-ring (bicyclic) bond motifs is 1. The third-order valence-electron chi connectivity index (χ3n) is 5.92. The van der Waals surface area contributed by atoms with E-state index in [1.807, 2.05) is 30.3 Å². The average Bonchev–Trinajstić information content (AvgIpc) is 2.85. The summed E-state index contributed by atoms with van der Waals surface area (Å²) in [5, 5.41) is 8.19. The Bertz CT molecular complexity index is 1200. The van der Waals surface area contributed by atoms with E-state index in [4.69, 9.17) is 9.72 Å². The Kier molecular flexibility index (Phi) is 6.01. The summed E-state index contributed by atoms with van der Waals surface area (Å²) in [6.07, 6.45) is 0. The van der Waals surface area contributed by atoms with Crippen molar-refractivity contribution in [2.24, 2.45) is 0 Å². The average molecular weight is 425 g/mol. The van der Waals surface area contributed by atoms with Crippen molar-refractivity contribution in [2.45, 2.75) is 6.54 Å². The highest BCUT2D eigenvalue weighted by molar-refractivity contribution is 5.95. The van der Waals surface area contributed by atoms with Gasteiger partial charge in [-0.1, -0.05) is 30.3 Å². The minimum absolute atomic E-state index is 0.842. The van der Waals surface area contributed by atoms with Gasteiger partial charge in [-0.25, -0.2) is 4.98 Å². The molecule has 0 spiro atoms. The van der Waals surface area contributed by atoms with E-state index in [-0.39, 0.29) is 0 Å². The van der Waals surface area contributed by atoms with E-state index in [2.05, 4.69) is 64.1 Å². The Labute approximate surface area is 189 Å². The fourth-order valence-corrected chi connectivity index (χ4v) is 4.22. The quantitative estimate of drug-likeness (QED) is 0.453. The molecule has 5 nitrogen and oxygen atoms in total. The molecule has 0 saturated carbocycles. The van der Waals surface area contributed by atoms with E-state index in [0.717, 1.165) is 72.0 Å². The molecule has 0 bridgehead atoms. The molecule has 0 radical (unpaired) electrons. The Balaban J connectivity index is 1.46. The van der Waals surface area contributed by atoms with Crippen molar-refractivity contribution >= 4 is 22.3 Å². The van der Waals surface area contributed by atoms with Gasteiger partial charge in [-0.15, -0.1) is 0 Å². The number of nitrogens with zero attached hydrogens (tertiary/aromatic N) is 2. The smallest absolute Gasteiger partial charge is 0.118 e. The fourth-order valence-electron chi connectivity index (χ4n) is 4.22. The van der Waals surface area contributed by atoms with Crippen LogP contribution in [-0.4, -0.2) is 43.2 Å². The number of methoxy groups -OCH3 is 1. The van der Waals surface area contributed by atoms with Crippen LogP contribution in [-0.2, 0) is 6.54 Å². The van der Waals surface area contributed by atoms with Crippen LogP contribution in [0.25, 0.3) is 22.2 Å². The highest BCUT2D eigenvalue weighted by Crippen LogP contribution is 2.31. The normalized spacial score (nSPS) is 14.4. The van der Waals surface area contributed by atoms with Gasteiger partial charge in [-0.2, -0.15) is 0 Å². The molecule has 2 heterocycles. The van der Waals surface area contributed by atoms with Crippen molar-refractivity contribution in [1.29, 1.82) is 0 Å². The molecule has 5 heteroatoms. The molecule has 1 aromatic heterocycles. The number of anilines is 2. The van der Waals surface area contributed by atoms with Gasteiger partial charge in [-0.3, -0.25) is 4.90 Å². The SMILES string of the molecule is COc1ccc(-c2cc(Nc3cccc(CN4CCNCC4)c3)c3ccccc3n2)cc1. The second-order valence-corrected chi connectivity index (χ2v) is 8.15. The molecule has 2 N–H and O–H groups in total. The predicted octanol–water partition coefficient (Wildman–Crippen LogP) is 5.06. The molecule has 1 aliphatic rings. The molecule has 1 fully saturated rings. The Hall–Kier alpha value is -3.41. The molecule has 0 atom stereocenters. The molecular formula is C27H28N4O. The van der Waals surface area contributed by atoms with E-state index in [0.29, 0.717) is 0 Å². The zero-order valence-electron chi connectivity index (χ0n) is 18.3. The number of benzene rings is 3. The van der Waals surface area contributed by atoms with Crippen LogP contribution in [0.2, 0.25) is 0 Å². The number of pyridine rings is 1. The Morgan fingerprint density at radius 2 is 1.75 bits per heavy atom. The van der Waals surface area contributed by atoms with Crippen molar-refractivity contribution in [2.75, 3.05) is 38.6 Å². The van der Waals surface area contributed by atoms with Crippen molar-refractivity contribution in [1.82, 2.24) is 15.2 Å². The van der Waals surface area contributed by atoms with E-state index in [1.54, 1.807) is 7.11 Å². The van der Waals surface area contributed by atoms with Crippen LogP contribution >= 0.6 is 0 Å². The second kappa shape index (κ2) is 9.39. The van der Waals surface area contributed by atoms with Gasteiger partial charge in [0.1, 0.15) is 5.75 Å². The number of nitrogens with one attached hydrogen (secondary N) is 2. The molecule has 0 aliphatic carbocycles. The third-order valence-corrected chi connectivity index (χ3v) is 5.92. The number of para-hydroxylation sites is 1. The van der Waals surface area contributed by atoms with Crippen molar-refractivity contribution in [3.63, 3.8) is 0 Å². The molecule has 5 rings (SSSR count). The first-order chi connectivity index (χ1) is 15.8. The van der Waals surface area contributed by atoms with Crippen LogP contribution in [0.5, 0.6) is 5.75 Å². The van der Waals surface area contributed by atoms with E-state index >= 15 is 0 Å². The molecular weight excluding hydrogens is 396 g/mol. The lowest BCUT2D eigenvalue weighted by atomic mass is 10.1. The summed E-state index contributed by atoms with van der Waals surface area (Å²) in [6, 6.07) is 27.2. The summed E-state index contributed by atoms with van der Waals surface area (Å²) in [6.45, 7) is 5.30. The van der Waals surface area contributed by atoms with E-state index in [9.17, 15) is 0 Å². The highest BCUT2D eigenvalue weighted by atomic mass is 16.5. The van der Waals surface area contributed by atoms with Gasteiger partial charge in [0, 0.05) is 49.4 Å². The van der Waals surface area contributed by atoms with Gasteiger partial charge in [0.05, 0.1) is 24.0 Å². The highest BCUT2D eigenvalue weighted by Gasteiger charge is 2.11. The first-order valence-corrected chi connectivity index (χ1v) is 11.1. The lowest BCUT2D eigenvalue weighted by Gasteiger charge is -2.27. The van der Waals surface area contributed by atoms with Crippen LogP contribution in [0, 0.1) is 0 Å². The van der Waals surface area contributed by atoms with Gasteiger partial charge >= 0.3 is 0 Å². The van der Waals surface area contributed by atoms with Gasteiger partial charge in [0.25, 0.3) is 0 Å². The summed E-state index contributed by atoms with van der Waals surface area (Å²) in [7, 11) is 1.68. The standard InChI is InChI=1S/C27H28N4O/c1-32-23-11-9-21(10-12-23)26-18-27(24-7-2-3-8-25(24)30-26)29-22-6-4-5-20(17-22)19-31-15-13-28-14-16-31/h2-12,17-18,28H,13-16,19H2,1H3,(H,29,30). The van der Waals surface area contributed by atoms with Crippen molar-refractivity contribution < 1.29 is 4.74 Å². The maximum Gasteiger partial charge on any atom is 0.118 e. The molecule has 0 amide bonds. The Morgan fingerprint density at radius 1 is 0.938 bits per heavy atom. The number of piperazine rings is 1. The first-order valence-electron chi connectivity index (χ1n) is 11.1. The van der Waals surface area contributed by atoms with Crippen LogP contribution in [0.1, 0.15) is 5.56 Å². The van der Waals surface area contributed by atoms with Crippen molar-refractivity contribution in [3.05, 3.63) is 84.4 Å². The number of aromatic nitrogens is 1. The predicted molar refractivity (Wildman–Crippen MR) is 132 cm³/mol. The molecule has 3 aromatic carbocycles. The van der Waals surface area contributed by atoms with Crippen LogP contribution in [0.15, 0.2) is 78.9 Å². The largest absolute Gasteiger partial charge is 0.497 e. The lowest BCUT2D eigenvalue weighted by molar-refractivity contribution is 0.233. The zero-order chi connectivity index (χ0) is 21.8. The molecule has 0 unspecified atom stereocenters. The molecule has 162 valence electrons. The third kappa shape index (κ3) is 4.59.